The number of ether oxygens (including phenoxy) is 8. The number of aliphatic hydroxyl groups excluding tert-OH is 15. The molecule has 4 aliphatic carbocycles. The number of hydrogen-bond acceptors (Lipinski definition) is 23. The maximum atomic E-state index is 12.9. The van der Waals surface area contributed by atoms with Crippen molar-refractivity contribution in [2.24, 2.45) is 45.3 Å². The third-order valence-corrected chi connectivity index (χ3v) is 20.8. The minimum absolute atomic E-state index is 0.152. The quantitative estimate of drug-likeness (QED) is 0.0611. The van der Waals surface area contributed by atoms with Crippen molar-refractivity contribution >= 4 is 0 Å². The van der Waals surface area contributed by atoms with Crippen LogP contribution >= 0.6 is 0 Å². The van der Waals surface area contributed by atoms with Crippen molar-refractivity contribution < 1.29 is 114 Å². The topological polar surface area (TPSA) is 377 Å². The second-order valence-corrected chi connectivity index (χ2v) is 25.8. The van der Waals surface area contributed by atoms with E-state index < -0.39 is 206 Å². The lowest BCUT2D eigenvalue weighted by Gasteiger charge is -2.72. The molecule has 23 nitrogen and oxygen atoms in total. The summed E-state index contributed by atoms with van der Waals surface area (Å²) < 4.78 is 50.0. The molecule has 4 saturated carbocycles. The summed E-state index contributed by atoms with van der Waals surface area (Å²) in [6.45, 7) is 15.6. The van der Waals surface area contributed by atoms with Crippen LogP contribution < -0.4 is 0 Å². The fourth-order valence-electron chi connectivity index (χ4n) is 16.4. The Balaban J connectivity index is 1.12. The molecule has 4 saturated heterocycles. The first kappa shape index (κ1) is 61.9. The molecule has 0 bridgehead atoms. The maximum Gasteiger partial charge on any atom is 0.187 e. The van der Waals surface area contributed by atoms with Crippen LogP contribution in [0.4, 0.5) is 0 Å². The molecule has 0 aromatic heterocycles. The van der Waals surface area contributed by atoms with E-state index in [9.17, 15) is 76.6 Å². The minimum atomic E-state index is -1.85. The van der Waals surface area contributed by atoms with Crippen LogP contribution in [-0.4, -0.2) is 243 Å². The van der Waals surface area contributed by atoms with E-state index in [2.05, 4.69) is 26.8 Å². The first-order chi connectivity index (χ1) is 36.0. The van der Waals surface area contributed by atoms with Crippen LogP contribution in [0.25, 0.3) is 0 Å². The highest BCUT2D eigenvalue weighted by Crippen LogP contribution is 2.76. The lowest BCUT2D eigenvalue weighted by molar-refractivity contribution is -0.382. The van der Waals surface area contributed by atoms with Crippen LogP contribution in [0.3, 0.4) is 0 Å². The van der Waals surface area contributed by atoms with Gasteiger partial charge in [-0.25, -0.2) is 0 Å². The number of rotatable bonds is 15. The normalized spacial score (nSPS) is 53.6. The molecule has 0 unspecified atom stereocenters. The predicted octanol–water partition coefficient (Wildman–Crippen LogP) is -2.20. The van der Waals surface area contributed by atoms with Gasteiger partial charge in [0, 0.05) is 0 Å². The van der Waals surface area contributed by atoms with Gasteiger partial charge < -0.3 is 114 Å². The monoisotopic (exact) mass is 1110 g/mol. The SMILES string of the molecule is CC(C)=CCC[C@](C)(O[C@@H]1O[C@H](CO)[C@@H](O[C@@H]2O[C@H](CO)[C@H](O)[C@H](O)[C@H]2O)[C@H](O)[C@H]1O)[C@H]1CC[C@]2(C)[C@@H]1[C@H](O)C[C@@H]1[C@@]3(C)CC[C@H](O)C(C)(C)[C@@H]3[C@@H](O[C@@H]3O[C@H](CO)[C@@H](O)[C@H](O)[C@H]3O[C@@H]3O[C@@H](C)[C@H](O)[C@@H](O)[C@H]3O)C[C@]12C. The predicted molar refractivity (Wildman–Crippen MR) is 266 cm³/mol. The van der Waals surface area contributed by atoms with Gasteiger partial charge in [0.15, 0.2) is 25.2 Å². The third kappa shape index (κ3) is 10.7. The Kier molecular flexibility index (Phi) is 18.6. The van der Waals surface area contributed by atoms with Crippen LogP contribution in [-0.2, 0) is 37.9 Å². The van der Waals surface area contributed by atoms with Crippen LogP contribution in [0.15, 0.2) is 11.6 Å². The number of hydrogen-bond donors (Lipinski definition) is 15. The molecule has 31 atom stereocenters. The summed E-state index contributed by atoms with van der Waals surface area (Å²) in [5.74, 6) is -1.45. The Hall–Kier alpha value is -1.18. The lowest BCUT2D eigenvalue weighted by atomic mass is 9.34. The van der Waals surface area contributed by atoms with Gasteiger partial charge in [0.25, 0.3) is 0 Å². The van der Waals surface area contributed by atoms with Gasteiger partial charge in [-0.2, -0.15) is 0 Å². The Morgan fingerprint density at radius 2 is 1.12 bits per heavy atom. The molecular formula is C54H92O23. The summed E-state index contributed by atoms with van der Waals surface area (Å²) in [5, 5.41) is 166. The first-order valence-corrected chi connectivity index (χ1v) is 27.8. The van der Waals surface area contributed by atoms with Gasteiger partial charge in [0.05, 0.1) is 49.8 Å². The molecular weight excluding hydrogens is 1020 g/mol. The molecule has 77 heavy (non-hydrogen) atoms. The Morgan fingerprint density at radius 1 is 0.584 bits per heavy atom. The van der Waals surface area contributed by atoms with E-state index in [1.165, 1.54) is 6.92 Å². The highest BCUT2D eigenvalue weighted by atomic mass is 16.8. The zero-order valence-electron chi connectivity index (χ0n) is 45.9. The largest absolute Gasteiger partial charge is 0.394 e. The van der Waals surface area contributed by atoms with Gasteiger partial charge in [0.1, 0.15) is 91.6 Å². The molecule has 8 rings (SSSR count). The van der Waals surface area contributed by atoms with Crippen molar-refractivity contribution in [3.8, 4) is 0 Å². The van der Waals surface area contributed by atoms with E-state index in [0.717, 1.165) is 5.57 Å². The van der Waals surface area contributed by atoms with Gasteiger partial charge >= 0.3 is 0 Å². The molecule has 8 fully saturated rings. The fraction of sp³-hybridized carbons (Fsp3) is 0.963. The van der Waals surface area contributed by atoms with Crippen molar-refractivity contribution in [2.45, 2.75) is 260 Å². The van der Waals surface area contributed by atoms with Gasteiger partial charge in [-0.1, -0.05) is 46.3 Å². The second-order valence-electron chi connectivity index (χ2n) is 25.8. The van der Waals surface area contributed by atoms with Crippen molar-refractivity contribution in [3.63, 3.8) is 0 Å². The van der Waals surface area contributed by atoms with Crippen LogP contribution in [0.5, 0.6) is 0 Å². The average Bonchev–Trinajstić information content (AvgIpc) is 3.98. The molecule has 446 valence electrons. The Labute approximate surface area is 450 Å². The van der Waals surface area contributed by atoms with E-state index in [0.29, 0.717) is 51.4 Å². The van der Waals surface area contributed by atoms with Gasteiger partial charge in [-0.3, -0.25) is 0 Å². The van der Waals surface area contributed by atoms with Gasteiger partial charge in [-0.15, -0.1) is 0 Å². The van der Waals surface area contributed by atoms with E-state index in [4.69, 9.17) is 37.9 Å². The van der Waals surface area contributed by atoms with Crippen LogP contribution in [0.1, 0.15) is 114 Å². The van der Waals surface area contributed by atoms with E-state index in [-0.39, 0.29) is 5.92 Å². The van der Waals surface area contributed by atoms with E-state index in [1.54, 1.807) is 0 Å². The lowest BCUT2D eigenvalue weighted by Crippen LogP contribution is -2.71. The van der Waals surface area contributed by atoms with Gasteiger partial charge in [-0.05, 0) is 124 Å². The zero-order chi connectivity index (χ0) is 56.8. The zero-order valence-corrected chi connectivity index (χ0v) is 45.9. The number of aliphatic hydroxyl groups is 15. The van der Waals surface area contributed by atoms with Crippen molar-refractivity contribution in [3.05, 3.63) is 11.6 Å². The minimum Gasteiger partial charge on any atom is -0.394 e. The number of allylic oxidation sites excluding steroid dienone is 2. The Morgan fingerprint density at radius 3 is 1.73 bits per heavy atom. The smallest absolute Gasteiger partial charge is 0.187 e. The molecule has 4 heterocycles. The van der Waals surface area contributed by atoms with Crippen LogP contribution in [0.2, 0.25) is 0 Å². The van der Waals surface area contributed by atoms with Gasteiger partial charge in [0.2, 0.25) is 0 Å². The second kappa shape index (κ2) is 23.1. The first-order valence-electron chi connectivity index (χ1n) is 27.8. The standard InChI is InChI=1S/C54H92O23/c1-22(2)11-10-14-54(9,77-48-42(69)39(66)43(29(21-57)74-48)75-47-41(68)37(64)34(61)27(19-55)72-47)24-12-16-52(7)32(24)25(58)17-30-51(6)15-13-31(59)50(4,5)45(51)26(18-53(30,52)8)71-49-44(38(65)35(62)28(20-56)73-49)76-46-40(67)36(63)33(60)23(3)70-46/h11,23-49,55-69H,10,12-21H2,1-9H3/t23-,24-,25+,26-,27+,28+,29+,30+,31-,32-,33-,34-,35+,36+,37-,38-,39+,40+,41+,42+,43+,44+,45-,46-,47-,48-,49+,51+,52+,53+,54-/m0/s1. The Bertz CT molecular complexity index is 2010. The van der Waals surface area contributed by atoms with E-state index >= 15 is 0 Å². The highest BCUT2D eigenvalue weighted by molar-refractivity contribution is 5.22. The van der Waals surface area contributed by atoms with Crippen molar-refractivity contribution in [1.29, 1.82) is 0 Å². The molecule has 0 aromatic rings. The highest BCUT2D eigenvalue weighted by Gasteiger charge is 2.74. The molecule has 8 aliphatic rings. The fourth-order valence-corrected chi connectivity index (χ4v) is 16.4. The third-order valence-electron chi connectivity index (χ3n) is 20.8. The summed E-state index contributed by atoms with van der Waals surface area (Å²) in [6, 6.07) is 0. The summed E-state index contributed by atoms with van der Waals surface area (Å²) in [6.07, 6.45) is -28.6. The van der Waals surface area contributed by atoms with E-state index in [1.807, 2.05) is 34.6 Å². The summed E-state index contributed by atoms with van der Waals surface area (Å²) in [4.78, 5) is 0. The summed E-state index contributed by atoms with van der Waals surface area (Å²) >= 11 is 0. The molecule has 15 N–H and O–H groups in total. The van der Waals surface area contributed by atoms with Crippen LogP contribution in [0, 0.1) is 45.3 Å². The molecule has 0 amide bonds. The molecule has 0 aromatic carbocycles. The van der Waals surface area contributed by atoms with Crippen molar-refractivity contribution in [2.75, 3.05) is 19.8 Å². The molecule has 0 radical (unpaired) electrons. The summed E-state index contributed by atoms with van der Waals surface area (Å²) in [5.41, 5.74) is -2.90. The molecule has 0 spiro atoms. The van der Waals surface area contributed by atoms with Crippen molar-refractivity contribution in [1.82, 2.24) is 0 Å². The maximum absolute atomic E-state index is 12.9. The summed E-state index contributed by atoms with van der Waals surface area (Å²) in [7, 11) is 0. The molecule has 4 aliphatic heterocycles. The average molecular weight is 1110 g/mol. The molecule has 23 heteroatoms. The number of fused-ring (bicyclic) bond motifs is 5.